The number of aryl methyl sites for hydroxylation is 3. The molecule has 3 aromatic rings. The molecule has 0 aliphatic rings. The molecule has 0 unspecified atom stereocenters. The number of nitrogens with zero attached hydrogens (tertiary/aromatic N) is 1. The van der Waals surface area contributed by atoms with Crippen molar-refractivity contribution in [3.8, 4) is 0 Å². The second-order valence-corrected chi connectivity index (χ2v) is 7.52. The van der Waals surface area contributed by atoms with E-state index in [9.17, 15) is 9.59 Å². The Hall–Kier alpha value is -2.67. The van der Waals surface area contributed by atoms with Crippen LogP contribution in [0, 0.1) is 27.7 Å². The second kappa shape index (κ2) is 6.92. The van der Waals surface area contributed by atoms with Gasteiger partial charge in [0.25, 0.3) is 0 Å². The zero-order valence-electron chi connectivity index (χ0n) is 15.4. The fourth-order valence-corrected chi connectivity index (χ4v) is 4.02. The number of thiophene rings is 1. The first-order valence-corrected chi connectivity index (χ1v) is 8.97. The number of carbonyl (C=O) groups is 2. The molecule has 0 radical (unpaired) electrons. The molecule has 2 heterocycles. The normalized spacial score (nSPS) is 11.0. The summed E-state index contributed by atoms with van der Waals surface area (Å²) in [6, 6.07) is 3.97. The number of benzene rings is 1. The van der Waals surface area contributed by atoms with Gasteiger partial charge in [-0.15, -0.1) is 11.3 Å². The van der Waals surface area contributed by atoms with E-state index < -0.39 is 5.97 Å². The molecule has 1 amide bonds. The van der Waals surface area contributed by atoms with Crippen LogP contribution in [0.5, 0.6) is 0 Å². The lowest BCUT2D eigenvalue weighted by molar-refractivity contribution is -0.115. The molecule has 0 atom stereocenters. The molecule has 0 saturated heterocycles. The topological polar surface area (TPSA) is 81.4 Å². The van der Waals surface area contributed by atoms with Crippen LogP contribution in [0.4, 0.5) is 5.00 Å². The van der Waals surface area contributed by atoms with Gasteiger partial charge < -0.3 is 14.6 Å². The van der Waals surface area contributed by atoms with Crippen LogP contribution in [0.2, 0.25) is 0 Å². The van der Waals surface area contributed by atoms with Crippen molar-refractivity contribution < 1.29 is 18.8 Å². The van der Waals surface area contributed by atoms with Crippen molar-refractivity contribution in [3.63, 3.8) is 0 Å². The number of nitrogens with one attached hydrogen (secondary N) is 1. The third-order valence-electron chi connectivity index (χ3n) is 4.33. The van der Waals surface area contributed by atoms with E-state index in [2.05, 4.69) is 10.5 Å². The third kappa shape index (κ3) is 3.22. The smallest absolute Gasteiger partial charge is 0.341 e. The van der Waals surface area contributed by atoms with E-state index in [0.717, 1.165) is 27.0 Å². The molecule has 6 nitrogen and oxygen atoms in total. The zero-order valence-corrected chi connectivity index (χ0v) is 16.2. The Kier molecular flexibility index (Phi) is 4.82. The quantitative estimate of drug-likeness (QED) is 0.698. The number of hydrogen-bond donors (Lipinski definition) is 1. The Morgan fingerprint density at radius 2 is 1.96 bits per heavy atom. The molecule has 1 N–H and O–H groups in total. The van der Waals surface area contributed by atoms with Crippen LogP contribution in [-0.2, 0) is 16.0 Å². The largest absolute Gasteiger partial charge is 0.465 e. The van der Waals surface area contributed by atoms with Gasteiger partial charge in [0, 0.05) is 10.3 Å². The lowest BCUT2D eigenvalue weighted by atomic mass is 10.1. The van der Waals surface area contributed by atoms with Crippen molar-refractivity contribution in [1.82, 2.24) is 5.16 Å². The van der Waals surface area contributed by atoms with Gasteiger partial charge in [-0.1, -0.05) is 11.2 Å². The number of esters is 1. The molecule has 2 aromatic heterocycles. The van der Waals surface area contributed by atoms with Crippen molar-refractivity contribution in [3.05, 3.63) is 45.0 Å². The molecule has 7 heteroatoms. The second-order valence-electron chi connectivity index (χ2n) is 6.29. The summed E-state index contributed by atoms with van der Waals surface area (Å²) < 4.78 is 10.2. The minimum absolute atomic E-state index is 0.0620. The average Bonchev–Trinajstić information content (AvgIpc) is 3.08. The molecule has 26 heavy (non-hydrogen) atoms. The fraction of sp³-hybridized carbons (Fsp3) is 0.316. The minimum Gasteiger partial charge on any atom is -0.465 e. The number of fused-ring (bicyclic) bond motifs is 1. The number of amides is 1. The molecule has 3 rings (SSSR count). The molecule has 0 spiro atoms. The summed E-state index contributed by atoms with van der Waals surface area (Å²) in [5, 5.41) is 8.20. The molecule has 0 fully saturated rings. The highest BCUT2D eigenvalue weighted by molar-refractivity contribution is 7.16. The zero-order chi connectivity index (χ0) is 19.0. The summed E-state index contributed by atoms with van der Waals surface area (Å²) in [5.74, 6) is -0.717. The molecule has 0 aliphatic heterocycles. The van der Waals surface area contributed by atoms with Gasteiger partial charge in [0.1, 0.15) is 10.7 Å². The van der Waals surface area contributed by atoms with E-state index in [1.165, 1.54) is 18.4 Å². The molecular formula is C19H20N2O4S. The summed E-state index contributed by atoms with van der Waals surface area (Å²) in [6.07, 6.45) is 0.0620. The highest BCUT2D eigenvalue weighted by Crippen LogP contribution is 2.33. The van der Waals surface area contributed by atoms with E-state index in [-0.39, 0.29) is 12.3 Å². The highest BCUT2D eigenvalue weighted by atomic mass is 32.1. The van der Waals surface area contributed by atoms with Gasteiger partial charge in [0.2, 0.25) is 5.91 Å². The number of aromatic nitrogens is 1. The van der Waals surface area contributed by atoms with Crippen molar-refractivity contribution >= 4 is 39.2 Å². The predicted octanol–water partition coefficient (Wildman–Crippen LogP) is 4.09. The number of carbonyl (C=O) groups excluding carboxylic acids is 2. The van der Waals surface area contributed by atoms with Crippen LogP contribution in [0.25, 0.3) is 11.0 Å². The van der Waals surface area contributed by atoms with Crippen molar-refractivity contribution in [2.75, 3.05) is 12.4 Å². The maximum atomic E-state index is 12.5. The Bertz CT molecular complexity index is 1020. The van der Waals surface area contributed by atoms with E-state index in [0.29, 0.717) is 21.8 Å². The fourth-order valence-electron chi connectivity index (χ4n) is 2.95. The lowest BCUT2D eigenvalue weighted by Gasteiger charge is -2.05. The van der Waals surface area contributed by atoms with Gasteiger partial charge in [0.05, 0.1) is 19.1 Å². The van der Waals surface area contributed by atoms with Crippen LogP contribution in [0.3, 0.4) is 0 Å². The van der Waals surface area contributed by atoms with E-state index >= 15 is 0 Å². The summed E-state index contributed by atoms with van der Waals surface area (Å²) in [4.78, 5) is 25.5. The first-order chi connectivity index (χ1) is 12.3. The highest BCUT2D eigenvalue weighted by Gasteiger charge is 2.22. The standard InChI is InChI=1S/C19H20N2O4S/c1-9-6-10(2)17-13(7-9)14(21-25-17)8-15(22)20-18-16(19(23)24-5)11(3)12(4)26-18/h6-7H,8H2,1-5H3,(H,20,22). The van der Waals surface area contributed by atoms with E-state index in [4.69, 9.17) is 9.26 Å². The maximum Gasteiger partial charge on any atom is 0.341 e. The molecule has 1 aromatic carbocycles. The lowest BCUT2D eigenvalue weighted by Crippen LogP contribution is -2.16. The van der Waals surface area contributed by atoms with Crippen LogP contribution in [-0.4, -0.2) is 24.1 Å². The molecule has 0 saturated carbocycles. The summed E-state index contributed by atoms with van der Waals surface area (Å²) >= 11 is 1.36. The van der Waals surface area contributed by atoms with E-state index in [1.54, 1.807) is 0 Å². The first kappa shape index (κ1) is 18.1. The van der Waals surface area contributed by atoms with Crippen LogP contribution >= 0.6 is 11.3 Å². The van der Waals surface area contributed by atoms with E-state index in [1.807, 2.05) is 39.8 Å². The number of rotatable bonds is 4. The van der Waals surface area contributed by atoms with Gasteiger partial charge >= 0.3 is 5.97 Å². The molecule has 136 valence electrons. The summed E-state index contributed by atoms with van der Waals surface area (Å²) in [6.45, 7) is 7.68. The number of ether oxygens (including phenoxy) is 1. The minimum atomic E-state index is -0.458. The first-order valence-electron chi connectivity index (χ1n) is 8.15. The van der Waals surface area contributed by atoms with Gasteiger partial charge in [-0.05, 0) is 50.5 Å². The monoisotopic (exact) mass is 372 g/mol. The number of methoxy groups -OCH3 is 1. The van der Waals surface area contributed by atoms with Crippen molar-refractivity contribution in [2.24, 2.45) is 0 Å². The summed E-state index contributed by atoms with van der Waals surface area (Å²) in [7, 11) is 1.33. The van der Waals surface area contributed by atoms with Crippen molar-refractivity contribution in [2.45, 2.75) is 34.1 Å². The Morgan fingerprint density at radius 1 is 1.23 bits per heavy atom. The van der Waals surface area contributed by atoms with Gasteiger partial charge in [-0.2, -0.15) is 0 Å². The average molecular weight is 372 g/mol. The number of hydrogen-bond acceptors (Lipinski definition) is 6. The molecule has 0 bridgehead atoms. The molecule has 0 aliphatic carbocycles. The van der Waals surface area contributed by atoms with Gasteiger partial charge in [-0.25, -0.2) is 4.79 Å². The molecular weight excluding hydrogens is 352 g/mol. The Morgan fingerprint density at radius 3 is 2.65 bits per heavy atom. The Labute approximate surface area is 155 Å². The van der Waals surface area contributed by atoms with Crippen LogP contribution in [0.1, 0.15) is 37.6 Å². The maximum absolute atomic E-state index is 12.5. The summed E-state index contributed by atoms with van der Waals surface area (Å²) in [5.41, 5.74) is 4.55. The third-order valence-corrected chi connectivity index (χ3v) is 5.46. The van der Waals surface area contributed by atoms with Crippen LogP contribution in [0.15, 0.2) is 16.7 Å². The Balaban J connectivity index is 1.87. The SMILES string of the molecule is COC(=O)c1c(NC(=O)Cc2noc3c(C)cc(C)cc23)sc(C)c1C. The number of anilines is 1. The van der Waals surface area contributed by atoms with Crippen LogP contribution < -0.4 is 5.32 Å². The van der Waals surface area contributed by atoms with Gasteiger partial charge in [-0.3, -0.25) is 4.79 Å². The van der Waals surface area contributed by atoms with Crippen molar-refractivity contribution in [1.29, 1.82) is 0 Å². The predicted molar refractivity (Wildman–Crippen MR) is 101 cm³/mol. The van der Waals surface area contributed by atoms with Gasteiger partial charge in [0.15, 0.2) is 5.58 Å².